The van der Waals surface area contributed by atoms with Crippen LogP contribution in [0.1, 0.15) is 26.7 Å². The van der Waals surface area contributed by atoms with E-state index >= 15 is 0 Å². The minimum atomic E-state index is 0.227. The standard InChI is InChI=1S/C8H14N2O.C2H6/c1-10-5-8(6-10)3-2-7(11)9-4-8;1-2/h2-6H2,1H3,(H,9,11);1-2H3. The van der Waals surface area contributed by atoms with Crippen molar-refractivity contribution >= 4 is 5.91 Å². The maximum Gasteiger partial charge on any atom is 0.220 e. The van der Waals surface area contributed by atoms with E-state index in [1.165, 1.54) is 0 Å². The molecule has 0 aromatic rings. The van der Waals surface area contributed by atoms with Crippen molar-refractivity contribution in [2.45, 2.75) is 26.7 Å². The molecule has 3 nitrogen and oxygen atoms in total. The highest BCUT2D eigenvalue weighted by Crippen LogP contribution is 2.35. The molecule has 0 radical (unpaired) electrons. The first-order valence-electron chi connectivity index (χ1n) is 5.16. The maximum absolute atomic E-state index is 10.8. The third-order valence-corrected chi connectivity index (χ3v) is 2.75. The number of carbonyl (C=O) groups is 1. The Kier molecular flexibility index (Phi) is 3.31. The summed E-state index contributed by atoms with van der Waals surface area (Å²) in [6.45, 7) is 7.22. The monoisotopic (exact) mass is 184 g/mol. The Bertz CT molecular complexity index is 173. The lowest BCUT2D eigenvalue weighted by molar-refractivity contribution is -0.127. The van der Waals surface area contributed by atoms with Gasteiger partial charge in [-0.25, -0.2) is 0 Å². The predicted octanol–water partition coefficient (Wildman–Crippen LogP) is 0.854. The third kappa shape index (κ3) is 2.21. The highest BCUT2D eigenvalue weighted by Gasteiger charge is 2.43. The molecule has 3 heteroatoms. The molecule has 76 valence electrons. The van der Waals surface area contributed by atoms with E-state index in [0.29, 0.717) is 5.41 Å². The third-order valence-electron chi connectivity index (χ3n) is 2.75. The first kappa shape index (κ1) is 10.5. The summed E-state index contributed by atoms with van der Waals surface area (Å²) in [6, 6.07) is 0. The quantitative estimate of drug-likeness (QED) is 0.605. The van der Waals surface area contributed by atoms with Crippen LogP contribution >= 0.6 is 0 Å². The molecular weight excluding hydrogens is 164 g/mol. The number of piperidine rings is 1. The summed E-state index contributed by atoms with van der Waals surface area (Å²) in [5, 5.41) is 2.93. The zero-order valence-electron chi connectivity index (χ0n) is 8.89. The molecule has 1 N–H and O–H groups in total. The summed E-state index contributed by atoms with van der Waals surface area (Å²) >= 11 is 0. The molecule has 0 bridgehead atoms. The average Bonchev–Trinajstić information content (AvgIpc) is 2.11. The normalized spacial score (nSPS) is 25.6. The smallest absolute Gasteiger partial charge is 0.220 e. The van der Waals surface area contributed by atoms with Gasteiger partial charge in [0.25, 0.3) is 0 Å². The maximum atomic E-state index is 10.8. The van der Waals surface area contributed by atoms with Crippen LogP contribution in [0.25, 0.3) is 0 Å². The first-order chi connectivity index (χ1) is 6.20. The van der Waals surface area contributed by atoms with Gasteiger partial charge >= 0.3 is 0 Å². The Morgan fingerprint density at radius 3 is 2.38 bits per heavy atom. The fraction of sp³-hybridized carbons (Fsp3) is 0.900. The molecule has 0 aliphatic carbocycles. The van der Waals surface area contributed by atoms with Crippen LogP contribution in [0.15, 0.2) is 0 Å². The lowest BCUT2D eigenvalue weighted by Crippen LogP contribution is -2.61. The van der Waals surface area contributed by atoms with Gasteiger partial charge in [-0.3, -0.25) is 4.79 Å². The van der Waals surface area contributed by atoms with Crippen LogP contribution in [-0.2, 0) is 4.79 Å². The van der Waals surface area contributed by atoms with E-state index < -0.39 is 0 Å². The van der Waals surface area contributed by atoms with Gasteiger partial charge < -0.3 is 10.2 Å². The fourth-order valence-electron chi connectivity index (χ4n) is 2.21. The summed E-state index contributed by atoms with van der Waals surface area (Å²) in [7, 11) is 2.13. The van der Waals surface area contributed by atoms with E-state index in [1.807, 2.05) is 13.8 Å². The highest BCUT2D eigenvalue weighted by molar-refractivity contribution is 5.76. The molecular formula is C10H20N2O. The van der Waals surface area contributed by atoms with Crippen molar-refractivity contribution in [3.63, 3.8) is 0 Å². The Hall–Kier alpha value is -0.570. The van der Waals surface area contributed by atoms with Crippen LogP contribution in [0.2, 0.25) is 0 Å². The highest BCUT2D eigenvalue weighted by atomic mass is 16.1. The molecule has 0 aromatic carbocycles. The van der Waals surface area contributed by atoms with Gasteiger partial charge in [0, 0.05) is 31.5 Å². The zero-order chi connectivity index (χ0) is 9.90. The van der Waals surface area contributed by atoms with Gasteiger partial charge in [0.15, 0.2) is 0 Å². The van der Waals surface area contributed by atoms with Crippen LogP contribution in [0.4, 0.5) is 0 Å². The number of hydrogen-bond acceptors (Lipinski definition) is 2. The van der Waals surface area contributed by atoms with Crippen molar-refractivity contribution in [1.82, 2.24) is 10.2 Å². The lowest BCUT2D eigenvalue weighted by Gasteiger charge is -2.50. The van der Waals surface area contributed by atoms with Gasteiger partial charge in [0.1, 0.15) is 0 Å². The van der Waals surface area contributed by atoms with E-state index in [9.17, 15) is 4.79 Å². The van der Waals surface area contributed by atoms with E-state index in [1.54, 1.807) is 0 Å². The number of likely N-dealkylation sites (tertiary alicyclic amines) is 1. The molecule has 2 aliphatic heterocycles. The molecule has 2 rings (SSSR count). The topological polar surface area (TPSA) is 32.3 Å². The second kappa shape index (κ2) is 4.09. The van der Waals surface area contributed by atoms with Crippen LogP contribution in [-0.4, -0.2) is 37.5 Å². The Morgan fingerprint density at radius 2 is 2.00 bits per heavy atom. The van der Waals surface area contributed by atoms with Crippen LogP contribution in [0, 0.1) is 5.41 Å². The van der Waals surface area contributed by atoms with Gasteiger partial charge in [0.05, 0.1) is 0 Å². The molecule has 2 saturated heterocycles. The first-order valence-corrected chi connectivity index (χ1v) is 5.16. The van der Waals surface area contributed by atoms with Crippen molar-refractivity contribution in [2.75, 3.05) is 26.7 Å². The van der Waals surface area contributed by atoms with E-state index in [4.69, 9.17) is 0 Å². The van der Waals surface area contributed by atoms with Gasteiger partial charge in [-0.1, -0.05) is 13.8 Å². The molecule has 1 amide bonds. The van der Waals surface area contributed by atoms with Gasteiger partial charge in [-0.15, -0.1) is 0 Å². The minimum absolute atomic E-state index is 0.227. The number of carbonyl (C=O) groups excluding carboxylic acids is 1. The summed E-state index contributed by atoms with van der Waals surface area (Å²) in [6.07, 6.45) is 1.82. The SMILES string of the molecule is CC.CN1CC2(CCC(=O)NC2)C1. The molecule has 0 atom stereocenters. The van der Waals surface area contributed by atoms with Crippen molar-refractivity contribution in [2.24, 2.45) is 5.41 Å². The molecule has 0 unspecified atom stereocenters. The van der Waals surface area contributed by atoms with Crippen LogP contribution in [0.5, 0.6) is 0 Å². The Balaban J connectivity index is 0.000000396. The number of hydrogen-bond donors (Lipinski definition) is 1. The molecule has 13 heavy (non-hydrogen) atoms. The number of amides is 1. The van der Waals surface area contributed by atoms with Crippen molar-refractivity contribution in [1.29, 1.82) is 0 Å². The zero-order valence-corrected chi connectivity index (χ0v) is 8.89. The molecule has 2 fully saturated rings. The average molecular weight is 184 g/mol. The van der Waals surface area contributed by atoms with Crippen molar-refractivity contribution < 1.29 is 4.79 Å². The molecule has 0 aromatic heterocycles. The fourth-order valence-corrected chi connectivity index (χ4v) is 2.21. The number of nitrogens with zero attached hydrogens (tertiary/aromatic N) is 1. The second-order valence-electron chi connectivity index (χ2n) is 3.95. The lowest BCUT2D eigenvalue weighted by atomic mass is 9.74. The molecule has 2 aliphatic rings. The molecule has 2 heterocycles. The van der Waals surface area contributed by atoms with Crippen molar-refractivity contribution in [3.05, 3.63) is 0 Å². The van der Waals surface area contributed by atoms with Crippen LogP contribution in [0.3, 0.4) is 0 Å². The van der Waals surface area contributed by atoms with Crippen LogP contribution < -0.4 is 5.32 Å². The predicted molar refractivity (Wildman–Crippen MR) is 53.5 cm³/mol. The molecule has 1 spiro atoms. The Labute approximate surface area is 80.5 Å². The second-order valence-corrected chi connectivity index (χ2v) is 3.95. The van der Waals surface area contributed by atoms with Crippen molar-refractivity contribution in [3.8, 4) is 0 Å². The summed E-state index contributed by atoms with van der Waals surface area (Å²) < 4.78 is 0. The Morgan fingerprint density at radius 1 is 1.38 bits per heavy atom. The van der Waals surface area contributed by atoms with E-state index in [0.717, 1.165) is 32.5 Å². The van der Waals surface area contributed by atoms with E-state index in [-0.39, 0.29) is 5.91 Å². The van der Waals surface area contributed by atoms with Gasteiger partial charge in [-0.2, -0.15) is 0 Å². The summed E-state index contributed by atoms with van der Waals surface area (Å²) in [4.78, 5) is 13.2. The largest absolute Gasteiger partial charge is 0.355 e. The van der Waals surface area contributed by atoms with Gasteiger partial charge in [-0.05, 0) is 13.5 Å². The van der Waals surface area contributed by atoms with E-state index in [2.05, 4.69) is 17.3 Å². The summed E-state index contributed by atoms with van der Waals surface area (Å²) in [5.41, 5.74) is 0.447. The summed E-state index contributed by atoms with van der Waals surface area (Å²) in [5.74, 6) is 0.227. The minimum Gasteiger partial charge on any atom is -0.355 e. The molecule has 0 saturated carbocycles. The number of nitrogens with one attached hydrogen (secondary N) is 1. The van der Waals surface area contributed by atoms with Gasteiger partial charge in [0.2, 0.25) is 5.91 Å². The number of rotatable bonds is 0.